The van der Waals surface area contributed by atoms with E-state index in [0.717, 1.165) is 12.1 Å². The van der Waals surface area contributed by atoms with Gasteiger partial charge in [-0.3, -0.25) is 4.79 Å². The van der Waals surface area contributed by atoms with Crippen LogP contribution in [0.5, 0.6) is 5.88 Å². The van der Waals surface area contributed by atoms with Crippen molar-refractivity contribution in [3.63, 3.8) is 0 Å². The van der Waals surface area contributed by atoms with Crippen LogP contribution >= 0.6 is 0 Å². The number of nitrogens with two attached hydrogens (primary N) is 1. The number of halogens is 4. The van der Waals surface area contributed by atoms with E-state index >= 15 is 0 Å². The zero-order valence-corrected chi connectivity index (χ0v) is 13.4. The Kier molecular flexibility index (Phi) is 5.08. The largest absolute Gasteiger partial charge is 0.438 e. The maximum absolute atomic E-state index is 14.2. The molecule has 1 aromatic heterocycles. The summed E-state index contributed by atoms with van der Waals surface area (Å²) in [6, 6.07) is 4.42. The highest BCUT2D eigenvalue weighted by Gasteiger charge is 2.31. The van der Waals surface area contributed by atoms with Crippen molar-refractivity contribution in [2.45, 2.75) is 25.6 Å². The molecule has 2 aromatic rings. The van der Waals surface area contributed by atoms with Gasteiger partial charge in [-0.25, -0.2) is 8.78 Å². The molecule has 0 fully saturated rings. The second-order valence-electron chi connectivity index (χ2n) is 5.77. The van der Waals surface area contributed by atoms with Gasteiger partial charge < -0.3 is 15.2 Å². The number of pyridine rings is 1. The average Bonchev–Trinajstić information content (AvgIpc) is 2.58. The van der Waals surface area contributed by atoms with Gasteiger partial charge in [-0.1, -0.05) is 0 Å². The van der Waals surface area contributed by atoms with Gasteiger partial charge >= 0.3 is 18.4 Å². The van der Waals surface area contributed by atoms with Gasteiger partial charge in [-0.05, 0) is 25.0 Å². The number of primary amides is 1. The van der Waals surface area contributed by atoms with E-state index in [2.05, 4.69) is 9.72 Å². The predicted molar refractivity (Wildman–Crippen MR) is 81.6 cm³/mol. The number of nitrogens with one attached hydrogen (secondary N) is 1. The summed E-state index contributed by atoms with van der Waals surface area (Å²) < 4.78 is 61.6. The molecule has 1 amide bonds. The molecule has 0 saturated carbocycles. The van der Waals surface area contributed by atoms with E-state index in [1.165, 1.54) is 12.1 Å². The van der Waals surface area contributed by atoms with Crippen molar-refractivity contribution in [2.75, 3.05) is 6.61 Å². The van der Waals surface area contributed by atoms with Crippen molar-refractivity contribution < 1.29 is 36.8 Å². The molecule has 26 heavy (non-hydrogen) atoms. The van der Waals surface area contributed by atoms with E-state index in [4.69, 9.17) is 10.5 Å². The van der Waals surface area contributed by atoms with Gasteiger partial charge in [0.2, 0.25) is 0 Å². The standard InChI is InChI=1S/C17H14F4N2O3/c18-8-1-3-10(13(19)5-8)12-6-14(15(22)24)23-16-11(12)4-2-9(26-16)7-25-17(20)21/h1,3,5-6,9,17H,2,4,7H2,(H2,22,24)/p+1. The fourth-order valence-corrected chi connectivity index (χ4v) is 2.85. The van der Waals surface area contributed by atoms with Crippen molar-refractivity contribution in [3.8, 4) is 17.0 Å². The van der Waals surface area contributed by atoms with Crippen LogP contribution in [0.25, 0.3) is 11.1 Å². The van der Waals surface area contributed by atoms with Crippen molar-refractivity contribution in [3.05, 3.63) is 47.2 Å². The van der Waals surface area contributed by atoms with Crippen molar-refractivity contribution >= 4 is 5.91 Å². The first-order chi connectivity index (χ1) is 12.3. The molecule has 1 atom stereocenters. The van der Waals surface area contributed by atoms with E-state index in [1.54, 1.807) is 0 Å². The summed E-state index contributed by atoms with van der Waals surface area (Å²) in [7, 11) is 0. The summed E-state index contributed by atoms with van der Waals surface area (Å²) in [4.78, 5) is 14.3. The Labute approximate surface area is 145 Å². The fraction of sp³-hybridized carbons (Fsp3) is 0.294. The number of carbonyl (C=O) groups is 1. The first-order valence-electron chi connectivity index (χ1n) is 7.76. The molecule has 1 aliphatic rings. The van der Waals surface area contributed by atoms with Crippen LogP contribution in [0, 0.1) is 11.6 Å². The molecule has 0 radical (unpaired) electrons. The Morgan fingerprint density at radius 2 is 2.08 bits per heavy atom. The topological polar surface area (TPSA) is 75.7 Å². The van der Waals surface area contributed by atoms with E-state index in [1.807, 2.05) is 0 Å². The van der Waals surface area contributed by atoms with E-state index in [0.29, 0.717) is 24.0 Å². The van der Waals surface area contributed by atoms with E-state index in [-0.39, 0.29) is 23.7 Å². The van der Waals surface area contributed by atoms with Crippen LogP contribution in [-0.2, 0) is 11.2 Å². The Bertz CT molecular complexity index is 845. The van der Waals surface area contributed by atoms with Gasteiger partial charge in [0, 0.05) is 23.3 Å². The van der Waals surface area contributed by atoms with E-state index in [9.17, 15) is 22.4 Å². The number of hydrogen-bond acceptors (Lipinski definition) is 3. The zero-order valence-electron chi connectivity index (χ0n) is 13.4. The Morgan fingerprint density at radius 3 is 2.73 bits per heavy atom. The summed E-state index contributed by atoms with van der Waals surface area (Å²) >= 11 is 0. The Hall–Kier alpha value is -2.68. The Morgan fingerprint density at radius 1 is 1.31 bits per heavy atom. The predicted octanol–water partition coefficient (Wildman–Crippen LogP) is 2.48. The first kappa shape index (κ1) is 18.1. The number of ether oxygens (including phenoxy) is 2. The highest BCUT2D eigenvalue weighted by Crippen LogP contribution is 2.35. The molecule has 3 N–H and O–H groups in total. The number of aromatic amines is 1. The van der Waals surface area contributed by atoms with Gasteiger partial charge in [0.05, 0.1) is 12.2 Å². The second kappa shape index (κ2) is 7.28. The molecule has 3 rings (SSSR count). The lowest BCUT2D eigenvalue weighted by molar-refractivity contribution is -0.403. The van der Waals surface area contributed by atoms with Crippen LogP contribution in [0.15, 0.2) is 24.3 Å². The van der Waals surface area contributed by atoms with Crippen molar-refractivity contribution in [1.29, 1.82) is 0 Å². The molecular weight excluding hydrogens is 356 g/mol. The van der Waals surface area contributed by atoms with E-state index < -0.39 is 30.3 Å². The van der Waals surface area contributed by atoms with Crippen molar-refractivity contribution in [2.24, 2.45) is 5.73 Å². The molecule has 0 saturated heterocycles. The molecule has 0 aliphatic carbocycles. The number of rotatable bonds is 5. The van der Waals surface area contributed by atoms with Crippen LogP contribution in [0.3, 0.4) is 0 Å². The monoisotopic (exact) mass is 371 g/mol. The number of carbonyl (C=O) groups excluding carboxylic acids is 1. The molecule has 2 heterocycles. The molecule has 0 spiro atoms. The lowest BCUT2D eigenvalue weighted by Gasteiger charge is -2.23. The van der Waals surface area contributed by atoms with Gasteiger partial charge in [-0.2, -0.15) is 13.8 Å². The normalized spacial score (nSPS) is 16.3. The SMILES string of the molecule is NC(=O)c1cc(-c2ccc(F)cc2F)c2c([nH+]1)OC(COC(F)F)CC2. The minimum Gasteiger partial charge on any atom is -0.438 e. The highest BCUT2D eigenvalue weighted by atomic mass is 19.3. The fourth-order valence-electron chi connectivity index (χ4n) is 2.85. The minimum absolute atomic E-state index is 0.0575. The van der Waals surface area contributed by atoms with Crippen LogP contribution < -0.4 is 15.5 Å². The summed E-state index contributed by atoms with van der Waals surface area (Å²) in [5.74, 6) is -2.24. The molecular formula is C17H15F4N2O3+. The molecule has 5 nitrogen and oxygen atoms in total. The minimum atomic E-state index is -2.93. The third-order valence-corrected chi connectivity index (χ3v) is 4.03. The lowest BCUT2D eigenvalue weighted by Crippen LogP contribution is -2.35. The van der Waals surface area contributed by atoms with Crippen molar-refractivity contribution in [1.82, 2.24) is 0 Å². The van der Waals surface area contributed by atoms with Gasteiger partial charge in [0.15, 0.2) is 0 Å². The zero-order chi connectivity index (χ0) is 18.8. The summed E-state index contributed by atoms with van der Waals surface area (Å²) in [5, 5.41) is 0. The second-order valence-corrected chi connectivity index (χ2v) is 5.77. The number of benzene rings is 1. The van der Waals surface area contributed by atoms with Crippen LogP contribution in [0.2, 0.25) is 0 Å². The number of fused-ring (bicyclic) bond motifs is 1. The molecule has 1 aromatic carbocycles. The number of aromatic nitrogens is 1. The Balaban J connectivity index is 2.02. The summed E-state index contributed by atoms with van der Waals surface area (Å²) in [6.07, 6.45) is 0.0370. The molecule has 9 heteroatoms. The average molecular weight is 371 g/mol. The number of alkyl halides is 2. The number of H-pyrrole nitrogens is 1. The third-order valence-electron chi connectivity index (χ3n) is 4.03. The highest BCUT2D eigenvalue weighted by molar-refractivity contribution is 5.91. The molecule has 138 valence electrons. The first-order valence-corrected chi connectivity index (χ1v) is 7.76. The maximum atomic E-state index is 14.2. The molecule has 1 aliphatic heterocycles. The smallest absolute Gasteiger partial charge is 0.371 e. The van der Waals surface area contributed by atoms with Gasteiger partial charge in [-0.15, -0.1) is 0 Å². The van der Waals surface area contributed by atoms with Crippen LogP contribution in [0.4, 0.5) is 17.6 Å². The third kappa shape index (κ3) is 3.77. The summed E-state index contributed by atoms with van der Waals surface area (Å²) in [6.45, 7) is -3.27. The maximum Gasteiger partial charge on any atom is 0.371 e. The number of hydrogen-bond donors (Lipinski definition) is 1. The quantitative estimate of drug-likeness (QED) is 0.821. The number of amides is 1. The van der Waals surface area contributed by atoms with Gasteiger partial charge in [0.25, 0.3) is 5.69 Å². The van der Waals surface area contributed by atoms with Crippen LogP contribution in [-0.4, -0.2) is 25.2 Å². The molecule has 1 unspecified atom stereocenters. The summed E-state index contributed by atoms with van der Waals surface area (Å²) in [5.41, 5.74) is 6.16. The van der Waals surface area contributed by atoms with Crippen LogP contribution in [0.1, 0.15) is 22.5 Å². The lowest BCUT2D eigenvalue weighted by atomic mass is 9.94. The molecule has 0 bridgehead atoms. The van der Waals surface area contributed by atoms with Gasteiger partial charge in [0.1, 0.15) is 17.7 Å².